The Balaban J connectivity index is 1.95. The van der Waals surface area contributed by atoms with E-state index in [1.165, 1.54) is 4.88 Å². The van der Waals surface area contributed by atoms with Crippen molar-refractivity contribution in [1.29, 1.82) is 0 Å². The fraction of sp³-hybridized carbons (Fsp3) is 0.0714. The molecule has 6 heteroatoms. The van der Waals surface area contributed by atoms with Gasteiger partial charge in [0.25, 0.3) is 5.91 Å². The van der Waals surface area contributed by atoms with Gasteiger partial charge in [0, 0.05) is 27.5 Å². The minimum atomic E-state index is -0.287. The number of nitrogens with zero attached hydrogens (tertiary/aromatic N) is 1. The third-order valence-corrected chi connectivity index (χ3v) is 4.34. The lowest BCUT2D eigenvalue weighted by atomic mass is 10.1. The van der Waals surface area contributed by atoms with Crippen molar-refractivity contribution in [2.45, 2.75) is 6.54 Å². The molecule has 0 unspecified atom stereocenters. The van der Waals surface area contributed by atoms with E-state index in [4.69, 9.17) is 17.4 Å². The van der Waals surface area contributed by atoms with Crippen molar-refractivity contribution in [3.63, 3.8) is 0 Å². The summed E-state index contributed by atoms with van der Waals surface area (Å²) in [5.41, 5.74) is 3.76. The van der Waals surface area contributed by atoms with Crippen molar-refractivity contribution in [2.24, 2.45) is 5.84 Å². The second-order valence-electron chi connectivity index (χ2n) is 4.40. The zero-order chi connectivity index (χ0) is 14.1. The highest BCUT2D eigenvalue weighted by atomic mass is 35.5. The molecule has 0 atom stereocenters. The first-order valence-corrected chi connectivity index (χ1v) is 7.21. The second kappa shape index (κ2) is 5.28. The predicted molar refractivity (Wildman–Crippen MR) is 82.0 cm³/mol. The highest BCUT2D eigenvalue weighted by molar-refractivity contribution is 7.16. The fourth-order valence-electron chi connectivity index (χ4n) is 2.17. The van der Waals surface area contributed by atoms with Crippen LogP contribution in [-0.4, -0.2) is 10.5 Å². The molecule has 2 aromatic heterocycles. The average molecular weight is 306 g/mol. The first kappa shape index (κ1) is 13.2. The minimum absolute atomic E-state index is 0.287. The maximum absolute atomic E-state index is 11.5. The van der Waals surface area contributed by atoms with E-state index in [2.05, 4.69) is 9.99 Å². The van der Waals surface area contributed by atoms with Gasteiger partial charge in [0.05, 0.1) is 10.9 Å². The number of benzene rings is 1. The number of nitrogen functional groups attached to an aromatic ring is 1. The Hall–Kier alpha value is -1.82. The quantitative estimate of drug-likeness (QED) is 0.444. The van der Waals surface area contributed by atoms with Gasteiger partial charge in [-0.3, -0.25) is 10.2 Å². The summed E-state index contributed by atoms with van der Waals surface area (Å²) in [4.78, 5) is 12.7. The van der Waals surface area contributed by atoms with Gasteiger partial charge in [-0.25, -0.2) is 5.84 Å². The van der Waals surface area contributed by atoms with Gasteiger partial charge in [-0.1, -0.05) is 11.6 Å². The Morgan fingerprint density at radius 3 is 2.85 bits per heavy atom. The topological polar surface area (TPSA) is 60.0 Å². The van der Waals surface area contributed by atoms with Crippen molar-refractivity contribution in [3.8, 4) is 0 Å². The summed E-state index contributed by atoms with van der Waals surface area (Å²) in [6.45, 7) is 0.767. The number of carbonyl (C=O) groups is 1. The van der Waals surface area contributed by atoms with E-state index in [1.54, 1.807) is 17.4 Å². The van der Waals surface area contributed by atoms with Crippen LogP contribution in [0.1, 0.15) is 15.2 Å². The van der Waals surface area contributed by atoms with Crippen molar-refractivity contribution < 1.29 is 4.79 Å². The van der Waals surface area contributed by atoms with E-state index in [1.807, 2.05) is 36.5 Å². The smallest absolute Gasteiger partial charge is 0.265 e. The summed E-state index contributed by atoms with van der Waals surface area (Å²) in [5, 5.41) is 1.01. The molecule has 0 aliphatic carbocycles. The number of fused-ring (bicyclic) bond motifs is 1. The summed E-state index contributed by atoms with van der Waals surface area (Å²) < 4.78 is 2.92. The molecule has 0 saturated heterocycles. The number of aromatic nitrogens is 1. The third kappa shape index (κ3) is 2.43. The van der Waals surface area contributed by atoms with Crippen LogP contribution in [0.5, 0.6) is 0 Å². The molecule has 3 rings (SSSR count). The van der Waals surface area contributed by atoms with Gasteiger partial charge in [-0.2, -0.15) is 0 Å². The summed E-state index contributed by atoms with van der Waals surface area (Å²) in [5.74, 6) is 4.85. The normalized spacial score (nSPS) is 10.9. The highest BCUT2D eigenvalue weighted by Crippen LogP contribution is 2.24. The Morgan fingerprint density at radius 2 is 2.15 bits per heavy atom. The van der Waals surface area contributed by atoms with Gasteiger partial charge < -0.3 is 4.57 Å². The van der Waals surface area contributed by atoms with Crippen LogP contribution < -0.4 is 11.3 Å². The molecule has 4 nitrogen and oxygen atoms in total. The summed E-state index contributed by atoms with van der Waals surface area (Å²) in [6.07, 6.45) is 2.00. The number of nitrogens with two attached hydrogens (primary N) is 1. The van der Waals surface area contributed by atoms with Gasteiger partial charge in [0.1, 0.15) is 0 Å². The van der Waals surface area contributed by atoms with Crippen molar-refractivity contribution in [3.05, 3.63) is 57.4 Å². The number of hydrazine groups is 1. The number of nitrogens with one attached hydrogen (secondary N) is 1. The molecule has 0 aliphatic heterocycles. The highest BCUT2D eigenvalue weighted by Gasteiger charge is 2.08. The van der Waals surface area contributed by atoms with E-state index in [0.717, 1.165) is 21.8 Å². The molecule has 2 heterocycles. The van der Waals surface area contributed by atoms with Gasteiger partial charge in [-0.05, 0) is 36.4 Å². The van der Waals surface area contributed by atoms with Crippen molar-refractivity contribution >= 4 is 39.7 Å². The predicted octanol–water partition coefficient (Wildman–Crippen LogP) is 3.01. The molecule has 3 aromatic rings. The van der Waals surface area contributed by atoms with Crippen LogP contribution in [0.15, 0.2) is 42.6 Å². The summed E-state index contributed by atoms with van der Waals surface area (Å²) in [7, 11) is 0. The van der Waals surface area contributed by atoms with Gasteiger partial charge in [0.15, 0.2) is 0 Å². The molecule has 1 aromatic carbocycles. The van der Waals surface area contributed by atoms with Crippen LogP contribution in [0.4, 0.5) is 0 Å². The summed E-state index contributed by atoms with van der Waals surface area (Å²) in [6, 6.07) is 11.4. The molecule has 0 radical (unpaired) electrons. The Labute approximate surface area is 124 Å². The van der Waals surface area contributed by atoms with Crippen LogP contribution in [0.2, 0.25) is 4.34 Å². The monoisotopic (exact) mass is 305 g/mol. The van der Waals surface area contributed by atoms with E-state index in [9.17, 15) is 4.79 Å². The number of hydrogen-bond donors (Lipinski definition) is 2. The number of amides is 1. The van der Waals surface area contributed by atoms with Crippen molar-refractivity contribution in [1.82, 2.24) is 9.99 Å². The molecule has 3 N–H and O–H groups in total. The lowest BCUT2D eigenvalue weighted by molar-refractivity contribution is 0.0954. The lowest BCUT2D eigenvalue weighted by Gasteiger charge is -2.04. The molecule has 0 fully saturated rings. The van der Waals surface area contributed by atoms with Crippen LogP contribution in [0, 0.1) is 0 Å². The van der Waals surface area contributed by atoms with Crippen LogP contribution >= 0.6 is 22.9 Å². The number of rotatable bonds is 3. The van der Waals surface area contributed by atoms with E-state index >= 15 is 0 Å². The van der Waals surface area contributed by atoms with Gasteiger partial charge >= 0.3 is 0 Å². The molecule has 20 heavy (non-hydrogen) atoms. The lowest BCUT2D eigenvalue weighted by Crippen LogP contribution is -2.29. The molecule has 0 aliphatic rings. The SMILES string of the molecule is NNC(=O)c1ccc2c(ccn2Cc2ccc(Cl)s2)c1. The fourth-order valence-corrected chi connectivity index (χ4v) is 3.25. The largest absolute Gasteiger partial charge is 0.342 e. The third-order valence-electron chi connectivity index (χ3n) is 3.12. The molecular formula is C14H12ClN3OS. The Bertz CT molecular complexity index is 778. The first-order chi connectivity index (χ1) is 9.67. The van der Waals surface area contributed by atoms with Gasteiger partial charge in [0.2, 0.25) is 0 Å². The van der Waals surface area contributed by atoms with Crippen LogP contribution in [-0.2, 0) is 6.54 Å². The molecule has 0 spiro atoms. The Morgan fingerprint density at radius 1 is 1.30 bits per heavy atom. The van der Waals surface area contributed by atoms with Gasteiger partial charge in [-0.15, -0.1) is 11.3 Å². The standard InChI is InChI=1S/C14H12ClN3OS/c15-13-4-2-11(20-13)8-18-6-5-9-7-10(14(19)17-16)1-3-12(9)18/h1-7H,8,16H2,(H,17,19). The van der Waals surface area contributed by atoms with Crippen molar-refractivity contribution in [2.75, 3.05) is 0 Å². The number of hydrogen-bond acceptors (Lipinski definition) is 3. The van der Waals surface area contributed by atoms with E-state index in [-0.39, 0.29) is 5.91 Å². The average Bonchev–Trinajstić information content (AvgIpc) is 3.05. The maximum Gasteiger partial charge on any atom is 0.265 e. The molecule has 102 valence electrons. The van der Waals surface area contributed by atoms with Crippen LogP contribution in [0.25, 0.3) is 10.9 Å². The van der Waals surface area contributed by atoms with Crippen LogP contribution in [0.3, 0.4) is 0 Å². The number of thiophene rings is 1. The first-order valence-electron chi connectivity index (χ1n) is 6.01. The molecule has 0 saturated carbocycles. The molecular weight excluding hydrogens is 294 g/mol. The number of carbonyl (C=O) groups excluding carboxylic acids is 1. The zero-order valence-electron chi connectivity index (χ0n) is 10.5. The minimum Gasteiger partial charge on any atom is -0.342 e. The second-order valence-corrected chi connectivity index (χ2v) is 6.20. The molecule has 0 bridgehead atoms. The summed E-state index contributed by atoms with van der Waals surface area (Å²) >= 11 is 7.51. The molecule has 1 amide bonds. The Kier molecular flexibility index (Phi) is 3.48. The van der Waals surface area contributed by atoms with E-state index in [0.29, 0.717) is 5.56 Å². The number of halogens is 1. The van der Waals surface area contributed by atoms with E-state index < -0.39 is 0 Å². The maximum atomic E-state index is 11.5. The zero-order valence-corrected chi connectivity index (χ0v) is 12.0.